The van der Waals surface area contributed by atoms with E-state index in [4.69, 9.17) is 14.6 Å². The fourth-order valence-electron chi connectivity index (χ4n) is 0.759. The molecule has 2 unspecified atom stereocenters. The van der Waals surface area contributed by atoms with Gasteiger partial charge in [-0.25, -0.2) is 0 Å². The number of allylic oxidation sites excluding steroid dienone is 1. The Labute approximate surface area is 107 Å². The molecule has 1 saturated carbocycles. The molecule has 6 heteroatoms. The molecule has 0 saturated heterocycles. The highest BCUT2D eigenvalue weighted by atomic mass is 32.1. The van der Waals surface area contributed by atoms with Crippen LogP contribution < -0.4 is 5.73 Å². The van der Waals surface area contributed by atoms with Gasteiger partial charge in [-0.15, -0.1) is 19.2 Å². The lowest BCUT2D eigenvalue weighted by Crippen LogP contribution is -2.11. The van der Waals surface area contributed by atoms with Crippen LogP contribution >= 0.6 is 12.6 Å². The smallest absolute Gasteiger partial charge is 0.307 e. The lowest BCUT2D eigenvalue weighted by molar-refractivity contribution is -0.138. The van der Waals surface area contributed by atoms with Crippen LogP contribution in [0, 0.1) is 11.8 Å². The van der Waals surface area contributed by atoms with Crippen molar-refractivity contribution in [3.8, 4) is 0 Å². The predicted octanol–water partition coefficient (Wildman–Crippen LogP) is 1.29. The summed E-state index contributed by atoms with van der Waals surface area (Å²) in [7, 11) is 1.63. The summed E-state index contributed by atoms with van der Waals surface area (Å²) in [5.41, 5.74) is 4.17. The second kappa shape index (κ2) is 9.07. The second-order valence-corrected chi connectivity index (χ2v) is 4.94. The van der Waals surface area contributed by atoms with Crippen LogP contribution in [0.25, 0.3) is 0 Å². The summed E-state index contributed by atoms with van der Waals surface area (Å²) in [5, 5.41) is 8.31. The second-order valence-electron chi connectivity index (χ2n) is 3.87. The van der Waals surface area contributed by atoms with Crippen LogP contribution in [0.5, 0.6) is 0 Å². The van der Waals surface area contributed by atoms with Gasteiger partial charge >= 0.3 is 5.97 Å². The molecular weight excluding hydrogens is 242 g/mol. The molecule has 0 aromatic rings. The van der Waals surface area contributed by atoms with Crippen LogP contribution in [0.1, 0.15) is 20.3 Å². The number of rotatable bonds is 3. The molecular formula is C11H21NO4S. The summed E-state index contributed by atoms with van der Waals surface area (Å²) in [4.78, 5) is 18.4. The van der Waals surface area contributed by atoms with Crippen LogP contribution in [0.4, 0.5) is 0 Å². The van der Waals surface area contributed by atoms with Crippen molar-refractivity contribution in [2.45, 2.75) is 25.2 Å². The van der Waals surface area contributed by atoms with E-state index in [0.717, 1.165) is 6.42 Å². The van der Waals surface area contributed by atoms with Gasteiger partial charge in [0.05, 0.1) is 5.92 Å². The Bertz CT molecular complexity index is 250. The minimum atomic E-state index is -0.685. The third kappa shape index (κ3) is 12.9. The molecule has 1 fully saturated rings. The molecule has 0 spiro atoms. The van der Waals surface area contributed by atoms with Gasteiger partial charge < -0.3 is 15.6 Å². The Kier molecular flexibility index (Phi) is 9.79. The first-order valence-corrected chi connectivity index (χ1v) is 5.46. The van der Waals surface area contributed by atoms with Crippen LogP contribution in [0.2, 0.25) is 0 Å². The number of primary amides is 1. The Balaban J connectivity index is 0. The number of thiol groups is 1. The molecule has 3 N–H and O–H groups in total. The van der Waals surface area contributed by atoms with Gasteiger partial charge in [-0.3, -0.25) is 9.59 Å². The zero-order valence-corrected chi connectivity index (χ0v) is 11.3. The number of carbonyl (C=O) groups is 2. The fourth-order valence-corrected chi connectivity index (χ4v) is 0.759. The quantitative estimate of drug-likeness (QED) is 0.310. The Morgan fingerprint density at radius 1 is 1.65 bits per heavy atom. The third-order valence-corrected chi connectivity index (χ3v) is 2.14. The van der Waals surface area contributed by atoms with Gasteiger partial charge in [-0.1, -0.05) is 6.08 Å². The van der Waals surface area contributed by atoms with Gasteiger partial charge in [0, 0.05) is 7.11 Å². The van der Waals surface area contributed by atoms with Crippen LogP contribution in [0.3, 0.4) is 0 Å². The average Bonchev–Trinajstić information content (AvgIpc) is 2.97. The van der Waals surface area contributed by atoms with E-state index in [2.05, 4.69) is 24.9 Å². The summed E-state index contributed by atoms with van der Waals surface area (Å²) in [6, 6.07) is 0. The monoisotopic (exact) mass is 263 g/mol. The molecule has 0 radical (unpaired) electrons. The minimum Gasteiger partial charge on any atom is -0.481 e. The first-order chi connectivity index (χ1) is 7.73. The topological polar surface area (TPSA) is 89.6 Å². The number of nitrogens with two attached hydrogens (primary N) is 1. The predicted molar refractivity (Wildman–Crippen MR) is 69.8 cm³/mol. The van der Waals surface area contributed by atoms with Crippen LogP contribution in [-0.4, -0.2) is 29.5 Å². The van der Waals surface area contributed by atoms with Crippen molar-refractivity contribution in [2.75, 3.05) is 7.11 Å². The molecule has 0 heterocycles. The maximum Gasteiger partial charge on any atom is 0.307 e. The summed E-state index contributed by atoms with van der Waals surface area (Å²) in [6.45, 7) is 7.26. The van der Waals surface area contributed by atoms with E-state index in [0.29, 0.717) is 0 Å². The van der Waals surface area contributed by atoms with Crippen molar-refractivity contribution >= 4 is 25.0 Å². The van der Waals surface area contributed by atoms with E-state index in [-0.39, 0.29) is 23.2 Å². The first-order valence-electron chi connectivity index (χ1n) is 5.01. The minimum absolute atomic E-state index is 0.118. The maximum absolute atomic E-state index is 10.1. The van der Waals surface area contributed by atoms with Gasteiger partial charge in [0.1, 0.15) is 4.93 Å². The van der Waals surface area contributed by atoms with Crippen molar-refractivity contribution in [3.63, 3.8) is 0 Å². The van der Waals surface area contributed by atoms with E-state index < -0.39 is 5.97 Å². The number of hydrogen-bond acceptors (Lipinski definition) is 4. The first kappa shape index (κ1) is 18.4. The standard InChI is InChI=1S/C6H8O2.C4H10OS.CH3NO/c1-2-4-3-5(4)6(7)8;1-4(2,6)5-3;2-1-3/h2,4-5H,1,3H2,(H,7,8);6H,1-3H3;1H,(H2,2,3). The van der Waals surface area contributed by atoms with Crippen molar-refractivity contribution in [2.24, 2.45) is 17.6 Å². The summed E-state index contributed by atoms with van der Waals surface area (Å²) >= 11 is 4.03. The number of ether oxygens (including phenoxy) is 1. The molecule has 1 amide bonds. The van der Waals surface area contributed by atoms with Gasteiger partial charge in [0.25, 0.3) is 0 Å². The van der Waals surface area contributed by atoms with Gasteiger partial charge in [-0.05, 0) is 26.2 Å². The average molecular weight is 263 g/mol. The molecule has 17 heavy (non-hydrogen) atoms. The van der Waals surface area contributed by atoms with E-state index in [1.54, 1.807) is 13.2 Å². The summed E-state index contributed by atoms with van der Waals surface area (Å²) in [6.07, 6.45) is 2.75. The normalized spacial score (nSPS) is 20.9. The Hall–Kier alpha value is -1.01. The number of methoxy groups -OCH3 is 1. The number of aliphatic carboxylic acids is 1. The van der Waals surface area contributed by atoms with E-state index in [1.807, 2.05) is 13.8 Å². The zero-order valence-electron chi connectivity index (χ0n) is 10.4. The highest BCUT2D eigenvalue weighted by Crippen LogP contribution is 2.38. The number of carboxylic acids is 1. The van der Waals surface area contributed by atoms with Gasteiger partial charge in [0.2, 0.25) is 6.41 Å². The van der Waals surface area contributed by atoms with Crippen LogP contribution in [0.15, 0.2) is 12.7 Å². The highest BCUT2D eigenvalue weighted by molar-refractivity contribution is 7.81. The number of amides is 1. The highest BCUT2D eigenvalue weighted by Gasteiger charge is 2.40. The Morgan fingerprint density at radius 3 is 2.06 bits per heavy atom. The molecule has 0 aromatic heterocycles. The van der Waals surface area contributed by atoms with Crippen molar-refractivity contribution in [3.05, 3.63) is 12.7 Å². The van der Waals surface area contributed by atoms with Crippen molar-refractivity contribution in [1.82, 2.24) is 0 Å². The van der Waals surface area contributed by atoms with Gasteiger partial charge in [-0.2, -0.15) is 0 Å². The van der Waals surface area contributed by atoms with E-state index in [1.165, 1.54) is 0 Å². The molecule has 1 aliphatic rings. The molecule has 1 rings (SSSR count). The molecule has 2 atom stereocenters. The Morgan fingerprint density at radius 2 is 2.00 bits per heavy atom. The molecule has 0 bridgehead atoms. The fraction of sp³-hybridized carbons (Fsp3) is 0.636. The van der Waals surface area contributed by atoms with Crippen molar-refractivity contribution < 1.29 is 19.4 Å². The molecule has 5 nitrogen and oxygen atoms in total. The zero-order chi connectivity index (χ0) is 14.1. The lowest BCUT2D eigenvalue weighted by atomic mass is 10.3. The summed E-state index contributed by atoms with van der Waals surface area (Å²) in [5.74, 6) is -0.546. The molecule has 1 aliphatic carbocycles. The number of carbonyl (C=O) groups excluding carboxylic acids is 1. The maximum atomic E-state index is 10.1. The van der Waals surface area contributed by atoms with E-state index in [9.17, 15) is 4.79 Å². The van der Waals surface area contributed by atoms with Gasteiger partial charge in [0.15, 0.2) is 0 Å². The van der Waals surface area contributed by atoms with Crippen molar-refractivity contribution in [1.29, 1.82) is 0 Å². The third-order valence-electron chi connectivity index (χ3n) is 1.96. The summed E-state index contributed by atoms with van der Waals surface area (Å²) < 4.78 is 4.80. The molecule has 0 aliphatic heterocycles. The number of carboxylic acid groups (broad SMARTS) is 1. The largest absolute Gasteiger partial charge is 0.481 e. The molecule has 0 aromatic carbocycles. The molecule has 100 valence electrons. The van der Waals surface area contributed by atoms with Crippen LogP contribution in [-0.2, 0) is 14.3 Å². The SMILES string of the molecule is C=CC1CC1C(=O)O.COC(C)(C)S.NC=O. The lowest BCUT2D eigenvalue weighted by Gasteiger charge is -2.12. The number of hydrogen-bond donors (Lipinski definition) is 3. The van der Waals surface area contributed by atoms with E-state index >= 15 is 0 Å².